The van der Waals surface area contributed by atoms with Crippen LogP contribution < -0.4 is 10.1 Å². The third-order valence-corrected chi connectivity index (χ3v) is 7.06. The smallest absolute Gasteiger partial charge is 0.282 e. The number of halogens is 2. The molecule has 10 heteroatoms. The van der Waals surface area contributed by atoms with Gasteiger partial charge in [-0.2, -0.15) is 17.0 Å². The average Bonchev–Trinajstić information content (AvgIpc) is 2.67. The van der Waals surface area contributed by atoms with Crippen molar-refractivity contribution in [2.45, 2.75) is 13.0 Å². The number of anilines is 1. The molecule has 0 bridgehead atoms. The topological polar surface area (TPSA) is 79.0 Å². The minimum Gasteiger partial charge on any atom is -0.495 e. The molecular formula is C19H21Cl2N3O4S. The first-order valence-corrected chi connectivity index (χ1v) is 11.1. The highest BCUT2D eigenvalue weighted by Crippen LogP contribution is 2.28. The van der Waals surface area contributed by atoms with E-state index in [4.69, 9.17) is 27.9 Å². The highest BCUT2D eigenvalue weighted by Gasteiger charge is 2.35. The Balaban J connectivity index is 1.71. The molecule has 0 aromatic heterocycles. The fourth-order valence-electron chi connectivity index (χ4n) is 3.08. The van der Waals surface area contributed by atoms with Crippen LogP contribution in [0.2, 0.25) is 10.0 Å². The average molecular weight is 458 g/mol. The molecular weight excluding hydrogens is 437 g/mol. The minimum atomic E-state index is -3.80. The Labute approximate surface area is 180 Å². The number of rotatable bonds is 6. The van der Waals surface area contributed by atoms with Crippen LogP contribution in [0.15, 0.2) is 42.5 Å². The Bertz CT molecular complexity index is 1000. The van der Waals surface area contributed by atoms with Gasteiger partial charge in [0.05, 0.1) is 19.3 Å². The van der Waals surface area contributed by atoms with Gasteiger partial charge < -0.3 is 10.1 Å². The molecule has 1 heterocycles. The zero-order valence-corrected chi connectivity index (χ0v) is 18.1. The van der Waals surface area contributed by atoms with Crippen molar-refractivity contribution in [2.75, 3.05) is 32.1 Å². The lowest BCUT2D eigenvalue weighted by Gasteiger charge is -2.34. The van der Waals surface area contributed by atoms with Gasteiger partial charge >= 0.3 is 0 Å². The monoisotopic (exact) mass is 457 g/mol. The normalized spacial score (nSPS) is 17.1. The van der Waals surface area contributed by atoms with Gasteiger partial charge in [-0.05, 0) is 36.2 Å². The number of hydrogen-bond acceptors (Lipinski definition) is 4. The van der Waals surface area contributed by atoms with E-state index in [2.05, 4.69) is 5.32 Å². The largest absolute Gasteiger partial charge is 0.495 e. The van der Waals surface area contributed by atoms with Crippen molar-refractivity contribution in [3.8, 4) is 5.75 Å². The molecule has 2 aromatic carbocycles. The first kappa shape index (κ1) is 21.9. The quantitative estimate of drug-likeness (QED) is 0.720. The molecule has 7 nitrogen and oxygen atoms in total. The predicted molar refractivity (Wildman–Crippen MR) is 114 cm³/mol. The fourth-order valence-corrected chi connectivity index (χ4v) is 5.08. The number of amides is 1. The van der Waals surface area contributed by atoms with Crippen molar-refractivity contribution in [3.05, 3.63) is 58.1 Å². The lowest BCUT2D eigenvalue weighted by molar-refractivity contribution is -0.116. The van der Waals surface area contributed by atoms with Crippen LogP contribution in [0.25, 0.3) is 0 Å². The Kier molecular flexibility index (Phi) is 7.02. The maximum Gasteiger partial charge on any atom is 0.282 e. The molecule has 0 radical (unpaired) electrons. The molecule has 0 spiro atoms. The number of ether oxygens (including phenoxy) is 1. The predicted octanol–water partition coefficient (Wildman–Crippen LogP) is 3.39. The summed E-state index contributed by atoms with van der Waals surface area (Å²) in [6.45, 7) is 0.481. The Hall–Kier alpha value is -1.84. The van der Waals surface area contributed by atoms with Crippen molar-refractivity contribution in [3.63, 3.8) is 0 Å². The van der Waals surface area contributed by atoms with E-state index in [1.54, 1.807) is 42.5 Å². The van der Waals surface area contributed by atoms with E-state index >= 15 is 0 Å². The molecule has 1 saturated heterocycles. The van der Waals surface area contributed by atoms with Crippen LogP contribution >= 0.6 is 23.2 Å². The van der Waals surface area contributed by atoms with Gasteiger partial charge in [-0.3, -0.25) is 4.79 Å². The lowest BCUT2D eigenvalue weighted by Crippen LogP contribution is -2.51. The van der Waals surface area contributed by atoms with Crippen LogP contribution in [0.4, 0.5) is 5.69 Å². The van der Waals surface area contributed by atoms with E-state index in [1.165, 1.54) is 15.7 Å². The lowest BCUT2D eigenvalue weighted by atomic mass is 10.2. The third-order valence-electron chi connectivity index (χ3n) is 4.53. The molecule has 1 fully saturated rings. The summed E-state index contributed by atoms with van der Waals surface area (Å²) < 4.78 is 33.7. The van der Waals surface area contributed by atoms with E-state index in [0.717, 1.165) is 0 Å². The van der Waals surface area contributed by atoms with Crippen molar-refractivity contribution in [1.82, 2.24) is 8.61 Å². The first-order valence-electron chi connectivity index (χ1n) is 8.93. The van der Waals surface area contributed by atoms with Crippen LogP contribution in [0.3, 0.4) is 0 Å². The number of carbonyl (C=O) groups is 1. The summed E-state index contributed by atoms with van der Waals surface area (Å²) >= 11 is 12.1. The van der Waals surface area contributed by atoms with E-state index in [0.29, 0.717) is 40.0 Å². The van der Waals surface area contributed by atoms with Gasteiger partial charge in [0.1, 0.15) is 5.75 Å². The van der Waals surface area contributed by atoms with E-state index < -0.39 is 16.1 Å². The van der Waals surface area contributed by atoms with Crippen molar-refractivity contribution in [1.29, 1.82) is 0 Å². The second-order valence-corrected chi connectivity index (χ2v) is 9.28. The van der Waals surface area contributed by atoms with E-state index in [-0.39, 0.29) is 19.6 Å². The summed E-state index contributed by atoms with van der Waals surface area (Å²) in [6.07, 6.45) is 0.609. The summed E-state index contributed by atoms with van der Waals surface area (Å²) in [5.41, 5.74) is 1.10. The minimum absolute atomic E-state index is 0.155. The van der Waals surface area contributed by atoms with Crippen LogP contribution in [-0.4, -0.2) is 49.7 Å². The van der Waals surface area contributed by atoms with Crippen LogP contribution in [0, 0.1) is 0 Å². The highest BCUT2D eigenvalue weighted by molar-refractivity contribution is 7.86. The number of nitrogens with one attached hydrogen (secondary N) is 1. The SMILES string of the molecule is COc1ccc(Cl)cc1NC(=O)CN1CCCN(Cc2ccccc2Cl)S1(=O)=O. The maximum absolute atomic E-state index is 13.0. The number of benzene rings is 2. The van der Waals surface area contributed by atoms with Gasteiger partial charge in [0.25, 0.3) is 10.2 Å². The van der Waals surface area contributed by atoms with Crippen LogP contribution in [0.5, 0.6) is 5.75 Å². The van der Waals surface area contributed by atoms with E-state index in [9.17, 15) is 13.2 Å². The zero-order chi connectivity index (χ0) is 21.0. The summed E-state index contributed by atoms with van der Waals surface area (Å²) in [4.78, 5) is 12.5. The molecule has 0 unspecified atom stereocenters. The summed E-state index contributed by atoms with van der Waals surface area (Å²) in [7, 11) is -2.33. The van der Waals surface area contributed by atoms with Crippen molar-refractivity contribution in [2.24, 2.45) is 0 Å². The maximum atomic E-state index is 13.0. The first-order chi connectivity index (χ1) is 13.8. The Morgan fingerprint density at radius 3 is 2.59 bits per heavy atom. The summed E-state index contributed by atoms with van der Waals surface area (Å²) in [5.74, 6) is -0.0432. The Morgan fingerprint density at radius 2 is 1.86 bits per heavy atom. The molecule has 1 aliphatic rings. The molecule has 3 rings (SSSR count). The molecule has 1 amide bonds. The molecule has 1 N–H and O–H groups in total. The molecule has 156 valence electrons. The van der Waals surface area contributed by atoms with Gasteiger partial charge in [0, 0.05) is 29.7 Å². The molecule has 0 aliphatic carbocycles. The molecule has 29 heavy (non-hydrogen) atoms. The van der Waals surface area contributed by atoms with Gasteiger partial charge in [-0.25, -0.2) is 0 Å². The van der Waals surface area contributed by atoms with Gasteiger partial charge in [-0.1, -0.05) is 41.4 Å². The van der Waals surface area contributed by atoms with Gasteiger partial charge in [-0.15, -0.1) is 0 Å². The van der Waals surface area contributed by atoms with Gasteiger partial charge in [0.2, 0.25) is 5.91 Å². The summed E-state index contributed by atoms with van der Waals surface area (Å²) in [5, 5.41) is 3.60. The molecule has 0 saturated carbocycles. The van der Waals surface area contributed by atoms with Gasteiger partial charge in [0.15, 0.2) is 0 Å². The van der Waals surface area contributed by atoms with E-state index in [1.807, 2.05) is 0 Å². The number of nitrogens with zero attached hydrogens (tertiary/aromatic N) is 2. The molecule has 2 aromatic rings. The second kappa shape index (κ2) is 9.32. The number of methoxy groups -OCH3 is 1. The number of carbonyl (C=O) groups excluding carboxylic acids is 1. The Morgan fingerprint density at radius 1 is 1.14 bits per heavy atom. The fraction of sp³-hybridized carbons (Fsp3) is 0.316. The molecule has 0 atom stereocenters. The highest BCUT2D eigenvalue weighted by atomic mass is 35.5. The summed E-state index contributed by atoms with van der Waals surface area (Å²) in [6, 6.07) is 11.9. The zero-order valence-electron chi connectivity index (χ0n) is 15.8. The standard InChI is InChI=1S/C19H21Cl2N3O4S/c1-28-18-8-7-15(20)11-17(18)22-19(25)13-24-10-4-9-23(29(24,26)27)12-14-5-2-3-6-16(14)21/h2-3,5-8,11H,4,9-10,12-13H2,1H3,(H,22,25). The third kappa shape index (κ3) is 5.21. The van der Waals surface area contributed by atoms with Crippen LogP contribution in [0.1, 0.15) is 12.0 Å². The second-order valence-electron chi connectivity index (χ2n) is 6.51. The van der Waals surface area contributed by atoms with Crippen molar-refractivity contribution >= 4 is 45.0 Å². The van der Waals surface area contributed by atoms with Crippen molar-refractivity contribution < 1.29 is 17.9 Å². The van der Waals surface area contributed by atoms with Crippen LogP contribution in [-0.2, 0) is 21.5 Å². The molecule has 1 aliphatic heterocycles. The number of hydrogen-bond donors (Lipinski definition) is 1.